The van der Waals surface area contributed by atoms with Crippen LogP contribution >= 0.6 is 31.9 Å². The number of nitrogens with zero attached hydrogens (tertiary/aromatic N) is 2. The van der Waals surface area contributed by atoms with Crippen LogP contribution in [0, 0.1) is 0 Å². The molecule has 0 fully saturated rings. The van der Waals surface area contributed by atoms with E-state index in [1.807, 2.05) is 42.5 Å². The summed E-state index contributed by atoms with van der Waals surface area (Å²) in [7, 11) is 0. The third-order valence-corrected chi connectivity index (χ3v) is 6.69. The van der Waals surface area contributed by atoms with Gasteiger partial charge in [0.05, 0.1) is 16.6 Å². The number of urea groups is 1. The van der Waals surface area contributed by atoms with E-state index in [1.165, 1.54) is 4.57 Å². The monoisotopic (exact) mass is 631 g/mol. The van der Waals surface area contributed by atoms with Crippen molar-refractivity contribution in [2.24, 2.45) is 0 Å². The van der Waals surface area contributed by atoms with Crippen LogP contribution in [0.25, 0.3) is 28.0 Å². The topological polar surface area (TPSA) is 105 Å². The number of benzene rings is 4. The minimum Gasteiger partial charge on any atom is -0.307 e. The molecule has 4 aromatic carbocycles. The van der Waals surface area contributed by atoms with E-state index in [2.05, 4.69) is 48.0 Å². The molecule has 0 aliphatic rings. The number of halogens is 2. The minimum atomic E-state index is -0.584. The van der Waals surface area contributed by atoms with Crippen molar-refractivity contribution in [3.05, 3.63) is 122 Å². The molecular formula is C28H19Br2N5O3. The molecule has 8 nitrogen and oxygen atoms in total. The largest absolute Gasteiger partial charge is 0.337 e. The summed E-state index contributed by atoms with van der Waals surface area (Å²) in [6.45, 7) is 0. The maximum absolute atomic E-state index is 13.7. The lowest BCUT2D eigenvalue weighted by Crippen LogP contribution is -2.43. The van der Waals surface area contributed by atoms with Gasteiger partial charge in [0, 0.05) is 25.8 Å². The number of fused-ring (bicyclic) bond motifs is 1. The van der Waals surface area contributed by atoms with Crippen molar-refractivity contribution in [3.63, 3.8) is 0 Å². The minimum absolute atomic E-state index is 0.257. The van der Waals surface area contributed by atoms with E-state index in [4.69, 9.17) is 4.98 Å². The maximum Gasteiger partial charge on any atom is 0.337 e. The number of hydrogen-bond acceptors (Lipinski definition) is 4. The molecule has 10 heteroatoms. The standard InChI is InChI=1S/C28H19Br2N5O3/c29-19-15-22-24(23(30)16-19)32-25(17-7-3-1-4-8-17)35(27(22)37)21-13-11-18(12-14-21)26(36)33-34-28(38)31-20-9-5-2-6-10-20/h1-16H,(H,33,36)(H2,31,34,38). The Labute approximate surface area is 234 Å². The van der Waals surface area contributed by atoms with Crippen LogP contribution in [0.5, 0.6) is 0 Å². The van der Waals surface area contributed by atoms with Crippen LogP contribution < -0.4 is 21.7 Å². The third-order valence-electron chi connectivity index (χ3n) is 5.63. The highest BCUT2D eigenvalue weighted by molar-refractivity contribution is 9.11. The molecule has 0 saturated heterocycles. The summed E-state index contributed by atoms with van der Waals surface area (Å²) in [6, 6.07) is 27.7. The average molecular weight is 633 g/mol. The Morgan fingerprint density at radius 1 is 0.789 bits per heavy atom. The van der Waals surface area contributed by atoms with Crippen LogP contribution in [-0.2, 0) is 0 Å². The molecule has 0 radical (unpaired) electrons. The van der Waals surface area contributed by atoms with Gasteiger partial charge < -0.3 is 5.32 Å². The average Bonchev–Trinajstić information content (AvgIpc) is 2.93. The van der Waals surface area contributed by atoms with Gasteiger partial charge in [0.1, 0.15) is 5.82 Å². The Balaban J connectivity index is 1.45. The molecule has 0 aliphatic heterocycles. The van der Waals surface area contributed by atoms with Gasteiger partial charge in [-0.25, -0.2) is 15.2 Å². The molecule has 3 N–H and O–H groups in total. The van der Waals surface area contributed by atoms with Crippen LogP contribution in [0.2, 0.25) is 0 Å². The molecule has 0 spiro atoms. The van der Waals surface area contributed by atoms with E-state index in [0.29, 0.717) is 38.1 Å². The molecule has 1 heterocycles. The summed E-state index contributed by atoms with van der Waals surface area (Å²) in [6.07, 6.45) is 0. The van der Waals surface area contributed by atoms with E-state index in [-0.39, 0.29) is 5.56 Å². The fourth-order valence-electron chi connectivity index (χ4n) is 3.87. The Bertz CT molecular complexity index is 1710. The molecule has 3 amide bonds. The molecule has 0 unspecified atom stereocenters. The number of carbonyl (C=O) groups is 2. The molecular weight excluding hydrogens is 614 g/mol. The second-order valence-corrected chi connectivity index (χ2v) is 9.94. The maximum atomic E-state index is 13.7. The first-order valence-corrected chi connectivity index (χ1v) is 13.0. The second-order valence-electron chi connectivity index (χ2n) is 8.17. The number of anilines is 1. The van der Waals surface area contributed by atoms with Gasteiger partial charge in [0.2, 0.25) is 0 Å². The van der Waals surface area contributed by atoms with E-state index < -0.39 is 11.9 Å². The number of para-hydroxylation sites is 1. The summed E-state index contributed by atoms with van der Waals surface area (Å²) in [5, 5.41) is 3.05. The first-order valence-electron chi connectivity index (χ1n) is 11.4. The fraction of sp³-hybridized carbons (Fsp3) is 0. The van der Waals surface area contributed by atoms with Gasteiger partial charge in [-0.2, -0.15) is 0 Å². The third kappa shape index (κ3) is 5.36. The van der Waals surface area contributed by atoms with Crippen LogP contribution in [-0.4, -0.2) is 21.5 Å². The number of hydrazine groups is 1. The van der Waals surface area contributed by atoms with E-state index in [9.17, 15) is 14.4 Å². The summed E-state index contributed by atoms with van der Waals surface area (Å²) in [5.41, 5.74) is 7.16. The highest BCUT2D eigenvalue weighted by atomic mass is 79.9. The van der Waals surface area contributed by atoms with Gasteiger partial charge in [0.25, 0.3) is 11.5 Å². The molecule has 5 aromatic rings. The Morgan fingerprint density at radius 3 is 2.13 bits per heavy atom. The zero-order valence-corrected chi connectivity index (χ0v) is 22.8. The lowest BCUT2D eigenvalue weighted by Gasteiger charge is -2.15. The Morgan fingerprint density at radius 2 is 1.45 bits per heavy atom. The Kier molecular flexibility index (Phi) is 7.34. The molecule has 0 atom stereocenters. The summed E-state index contributed by atoms with van der Waals surface area (Å²) in [4.78, 5) is 43.2. The second kappa shape index (κ2) is 11.0. The smallest absolute Gasteiger partial charge is 0.307 e. The van der Waals surface area contributed by atoms with Gasteiger partial charge in [-0.05, 0) is 64.5 Å². The van der Waals surface area contributed by atoms with Crippen LogP contribution in [0.1, 0.15) is 10.4 Å². The highest BCUT2D eigenvalue weighted by Gasteiger charge is 2.17. The first-order chi connectivity index (χ1) is 18.4. The Hall–Kier alpha value is -4.28. The number of hydrogen-bond donors (Lipinski definition) is 3. The van der Waals surface area contributed by atoms with Crippen molar-refractivity contribution < 1.29 is 9.59 Å². The number of rotatable bonds is 4. The zero-order valence-electron chi connectivity index (χ0n) is 19.6. The molecule has 1 aromatic heterocycles. The summed E-state index contributed by atoms with van der Waals surface area (Å²) in [5.74, 6) is -0.0533. The van der Waals surface area contributed by atoms with E-state index in [0.717, 1.165) is 10.0 Å². The van der Waals surface area contributed by atoms with Crippen molar-refractivity contribution in [3.8, 4) is 17.1 Å². The van der Waals surface area contributed by atoms with Crippen LogP contribution in [0.15, 0.2) is 111 Å². The zero-order chi connectivity index (χ0) is 26.6. The SMILES string of the molecule is O=C(NNC(=O)c1ccc(-n2c(-c3ccccc3)nc3c(Br)cc(Br)cc3c2=O)cc1)Nc1ccccc1. The molecule has 0 bridgehead atoms. The normalized spacial score (nSPS) is 10.7. The number of carbonyl (C=O) groups excluding carboxylic acids is 2. The van der Waals surface area contributed by atoms with Gasteiger partial charge in [-0.3, -0.25) is 19.6 Å². The van der Waals surface area contributed by atoms with E-state index in [1.54, 1.807) is 54.6 Å². The highest BCUT2D eigenvalue weighted by Crippen LogP contribution is 2.29. The number of aromatic nitrogens is 2. The quantitative estimate of drug-likeness (QED) is 0.210. The van der Waals surface area contributed by atoms with Crippen molar-refractivity contribution in [2.45, 2.75) is 0 Å². The first kappa shape index (κ1) is 25.4. The lowest BCUT2D eigenvalue weighted by atomic mass is 10.1. The number of nitrogens with one attached hydrogen (secondary N) is 3. The van der Waals surface area contributed by atoms with E-state index >= 15 is 0 Å². The molecule has 0 saturated carbocycles. The van der Waals surface area contributed by atoms with Crippen molar-refractivity contribution in [1.82, 2.24) is 20.4 Å². The van der Waals surface area contributed by atoms with Gasteiger partial charge in [-0.15, -0.1) is 0 Å². The van der Waals surface area contributed by atoms with Gasteiger partial charge in [0.15, 0.2) is 0 Å². The van der Waals surface area contributed by atoms with Crippen molar-refractivity contribution in [2.75, 3.05) is 5.32 Å². The predicted octanol–water partition coefficient (Wildman–Crippen LogP) is 6.04. The van der Waals surface area contributed by atoms with Crippen molar-refractivity contribution in [1.29, 1.82) is 0 Å². The molecule has 5 rings (SSSR count). The molecule has 38 heavy (non-hydrogen) atoms. The summed E-state index contributed by atoms with van der Waals surface area (Å²) < 4.78 is 2.95. The molecule has 0 aliphatic carbocycles. The molecule has 188 valence electrons. The predicted molar refractivity (Wildman–Crippen MR) is 154 cm³/mol. The summed E-state index contributed by atoms with van der Waals surface area (Å²) >= 11 is 6.96. The van der Waals surface area contributed by atoms with Crippen LogP contribution in [0.3, 0.4) is 0 Å². The number of amides is 3. The van der Waals surface area contributed by atoms with Crippen LogP contribution in [0.4, 0.5) is 10.5 Å². The van der Waals surface area contributed by atoms with Gasteiger partial charge >= 0.3 is 6.03 Å². The van der Waals surface area contributed by atoms with Crippen molar-refractivity contribution >= 4 is 60.4 Å². The fourth-order valence-corrected chi connectivity index (χ4v) is 5.18. The lowest BCUT2D eigenvalue weighted by molar-refractivity contribution is 0.0938. The van der Waals surface area contributed by atoms with Gasteiger partial charge in [-0.1, -0.05) is 64.5 Å².